The van der Waals surface area contributed by atoms with Crippen LogP contribution in [-0.2, 0) is 0 Å². The maximum Gasteiger partial charge on any atom is 0.315 e. The number of nitrogens with one attached hydrogen (secondary N) is 1. The summed E-state index contributed by atoms with van der Waals surface area (Å²) in [6.45, 7) is 2.03. The molecule has 0 aromatic heterocycles. The number of amides is 2. The zero-order valence-electron chi connectivity index (χ0n) is 10.1. The van der Waals surface area contributed by atoms with Gasteiger partial charge in [0.15, 0.2) is 0 Å². The molecule has 0 saturated carbocycles. The molecule has 1 atom stereocenters. The summed E-state index contributed by atoms with van der Waals surface area (Å²) < 4.78 is 5.11. The van der Waals surface area contributed by atoms with Crippen LogP contribution in [0.4, 0.5) is 4.79 Å². The first-order valence-corrected chi connectivity index (χ1v) is 6.11. The molecule has 0 spiro atoms. The standard InChI is InChI=1S/C12H16ClN3O2/c1-18-11-3-2-8(6-9(11)13)10-7-15-4-5-16(10)12(14)17/h2-3,6,10,15H,4-5,7H2,1H3,(H2,14,17). The van der Waals surface area contributed by atoms with Crippen molar-refractivity contribution in [1.29, 1.82) is 0 Å². The predicted octanol–water partition coefficient (Wildman–Crippen LogP) is 1.37. The number of carbonyl (C=O) groups is 1. The minimum Gasteiger partial charge on any atom is -0.495 e. The largest absolute Gasteiger partial charge is 0.495 e. The van der Waals surface area contributed by atoms with Crippen LogP contribution >= 0.6 is 11.6 Å². The second kappa shape index (κ2) is 5.46. The van der Waals surface area contributed by atoms with Crippen LogP contribution in [0, 0.1) is 0 Å². The van der Waals surface area contributed by atoms with Crippen LogP contribution < -0.4 is 15.8 Å². The van der Waals surface area contributed by atoms with Gasteiger partial charge in [0.1, 0.15) is 5.75 Å². The maximum atomic E-state index is 11.4. The van der Waals surface area contributed by atoms with Crippen molar-refractivity contribution < 1.29 is 9.53 Å². The number of methoxy groups -OCH3 is 1. The Balaban J connectivity index is 2.28. The molecule has 1 heterocycles. The summed E-state index contributed by atoms with van der Waals surface area (Å²) >= 11 is 6.10. The molecule has 1 fully saturated rings. The molecule has 5 nitrogen and oxygen atoms in total. The van der Waals surface area contributed by atoms with Gasteiger partial charge in [-0.05, 0) is 17.7 Å². The molecule has 1 aromatic rings. The molecule has 2 amide bonds. The number of rotatable bonds is 2. The number of halogens is 1. The van der Waals surface area contributed by atoms with E-state index in [1.165, 1.54) is 0 Å². The van der Waals surface area contributed by atoms with Crippen molar-refractivity contribution in [3.8, 4) is 5.75 Å². The van der Waals surface area contributed by atoms with Gasteiger partial charge >= 0.3 is 6.03 Å². The van der Waals surface area contributed by atoms with Gasteiger partial charge in [0.25, 0.3) is 0 Å². The van der Waals surface area contributed by atoms with Crippen molar-refractivity contribution in [3.63, 3.8) is 0 Å². The second-order valence-corrected chi connectivity index (χ2v) is 4.55. The third-order valence-electron chi connectivity index (χ3n) is 3.09. The zero-order valence-corrected chi connectivity index (χ0v) is 10.9. The minimum absolute atomic E-state index is 0.0837. The first-order chi connectivity index (χ1) is 8.63. The van der Waals surface area contributed by atoms with E-state index in [0.29, 0.717) is 23.9 Å². The number of carbonyl (C=O) groups excluding carboxylic acids is 1. The van der Waals surface area contributed by atoms with Crippen LogP contribution in [0.3, 0.4) is 0 Å². The van der Waals surface area contributed by atoms with Gasteiger partial charge < -0.3 is 20.7 Å². The van der Waals surface area contributed by atoms with E-state index in [9.17, 15) is 4.79 Å². The first kappa shape index (κ1) is 13.0. The normalized spacial score (nSPS) is 19.7. The Morgan fingerprint density at radius 2 is 2.39 bits per heavy atom. The fourth-order valence-corrected chi connectivity index (χ4v) is 2.42. The number of piperazine rings is 1. The Morgan fingerprint density at radius 3 is 3.00 bits per heavy atom. The van der Waals surface area contributed by atoms with Crippen LogP contribution in [0.2, 0.25) is 5.02 Å². The highest BCUT2D eigenvalue weighted by molar-refractivity contribution is 6.32. The van der Waals surface area contributed by atoms with Gasteiger partial charge in [-0.25, -0.2) is 4.79 Å². The Kier molecular flexibility index (Phi) is 3.93. The van der Waals surface area contributed by atoms with Crippen LogP contribution in [0.1, 0.15) is 11.6 Å². The Labute approximate surface area is 111 Å². The number of primary amides is 1. The molecule has 6 heteroatoms. The number of ether oxygens (including phenoxy) is 1. The molecule has 1 saturated heterocycles. The smallest absolute Gasteiger partial charge is 0.315 e. The van der Waals surface area contributed by atoms with E-state index < -0.39 is 6.03 Å². The van der Waals surface area contributed by atoms with Crippen molar-refractivity contribution in [1.82, 2.24) is 10.2 Å². The fourth-order valence-electron chi connectivity index (χ4n) is 2.16. The van der Waals surface area contributed by atoms with Crippen molar-refractivity contribution in [2.24, 2.45) is 5.73 Å². The highest BCUT2D eigenvalue weighted by Gasteiger charge is 2.26. The van der Waals surface area contributed by atoms with Gasteiger partial charge in [0, 0.05) is 19.6 Å². The lowest BCUT2D eigenvalue weighted by atomic mass is 10.0. The van der Waals surface area contributed by atoms with Gasteiger partial charge in [-0.15, -0.1) is 0 Å². The van der Waals surface area contributed by atoms with E-state index in [-0.39, 0.29) is 6.04 Å². The van der Waals surface area contributed by atoms with Gasteiger partial charge in [-0.1, -0.05) is 17.7 Å². The highest BCUT2D eigenvalue weighted by atomic mass is 35.5. The Morgan fingerprint density at radius 1 is 1.61 bits per heavy atom. The van der Waals surface area contributed by atoms with Crippen LogP contribution in [0.25, 0.3) is 0 Å². The van der Waals surface area contributed by atoms with Crippen molar-refractivity contribution in [2.45, 2.75) is 6.04 Å². The van der Waals surface area contributed by atoms with Crippen LogP contribution in [-0.4, -0.2) is 37.7 Å². The summed E-state index contributed by atoms with van der Waals surface area (Å²) in [6.07, 6.45) is 0. The Hall–Kier alpha value is -1.46. The maximum absolute atomic E-state index is 11.4. The number of hydrogen-bond acceptors (Lipinski definition) is 3. The lowest BCUT2D eigenvalue weighted by molar-refractivity contribution is 0.167. The van der Waals surface area contributed by atoms with E-state index in [1.54, 1.807) is 18.1 Å². The summed E-state index contributed by atoms with van der Waals surface area (Å²) in [4.78, 5) is 13.1. The van der Waals surface area contributed by atoms with Gasteiger partial charge in [0.2, 0.25) is 0 Å². The lowest BCUT2D eigenvalue weighted by Crippen LogP contribution is -2.50. The summed E-state index contributed by atoms with van der Waals surface area (Å²) in [6, 6.07) is 5.02. The molecule has 2 rings (SSSR count). The summed E-state index contributed by atoms with van der Waals surface area (Å²) in [7, 11) is 1.57. The molecule has 98 valence electrons. The second-order valence-electron chi connectivity index (χ2n) is 4.15. The summed E-state index contributed by atoms with van der Waals surface area (Å²) in [5.74, 6) is 0.620. The number of hydrogen-bond donors (Lipinski definition) is 2. The fraction of sp³-hybridized carbons (Fsp3) is 0.417. The van der Waals surface area contributed by atoms with Gasteiger partial charge in [0.05, 0.1) is 18.2 Å². The third kappa shape index (κ3) is 2.52. The molecule has 1 unspecified atom stereocenters. The molecule has 1 aliphatic rings. The predicted molar refractivity (Wildman–Crippen MR) is 69.9 cm³/mol. The topological polar surface area (TPSA) is 67.6 Å². The number of nitrogens with zero attached hydrogens (tertiary/aromatic N) is 1. The average molecular weight is 270 g/mol. The van der Waals surface area contributed by atoms with E-state index in [2.05, 4.69) is 5.32 Å². The van der Waals surface area contributed by atoms with Crippen molar-refractivity contribution >= 4 is 17.6 Å². The van der Waals surface area contributed by atoms with Crippen molar-refractivity contribution in [2.75, 3.05) is 26.7 Å². The minimum atomic E-state index is -0.409. The molecule has 18 heavy (non-hydrogen) atoms. The molecule has 0 radical (unpaired) electrons. The molecule has 0 aliphatic carbocycles. The van der Waals surface area contributed by atoms with Crippen LogP contribution in [0.5, 0.6) is 5.75 Å². The van der Waals surface area contributed by atoms with Gasteiger partial charge in [-0.2, -0.15) is 0 Å². The quantitative estimate of drug-likeness (QED) is 0.852. The van der Waals surface area contributed by atoms with Crippen LogP contribution in [0.15, 0.2) is 18.2 Å². The van der Waals surface area contributed by atoms with Crippen molar-refractivity contribution in [3.05, 3.63) is 28.8 Å². The number of nitrogens with two attached hydrogens (primary N) is 1. The molecule has 1 aromatic carbocycles. The number of urea groups is 1. The molecular weight excluding hydrogens is 254 g/mol. The zero-order chi connectivity index (χ0) is 13.1. The van der Waals surface area contributed by atoms with E-state index in [4.69, 9.17) is 22.1 Å². The van der Waals surface area contributed by atoms with E-state index in [0.717, 1.165) is 12.1 Å². The van der Waals surface area contributed by atoms with E-state index in [1.807, 2.05) is 12.1 Å². The highest BCUT2D eigenvalue weighted by Crippen LogP contribution is 2.30. The first-order valence-electron chi connectivity index (χ1n) is 5.73. The Bertz CT molecular complexity index is 453. The average Bonchev–Trinajstić information content (AvgIpc) is 2.38. The summed E-state index contributed by atoms with van der Waals surface area (Å²) in [5.41, 5.74) is 6.34. The SMILES string of the molecule is COc1ccc(C2CNCCN2C(N)=O)cc1Cl. The monoisotopic (exact) mass is 269 g/mol. The molecule has 0 bridgehead atoms. The third-order valence-corrected chi connectivity index (χ3v) is 3.38. The van der Waals surface area contributed by atoms with E-state index >= 15 is 0 Å². The summed E-state index contributed by atoms with van der Waals surface area (Å²) in [5, 5.41) is 3.77. The van der Waals surface area contributed by atoms with Gasteiger partial charge in [-0.3, -0.25) is 0 Å². The molecule has 3 N–H and O–H groups in total. The number of benzene rings is 1. The lowest BCUT2D eigenvalue weighted by Gasteiger charge is -2.35. The molecule has 1 aliphatic heterocycles. The molecular formula is C12H16ClN3O2.